The molecule has 6 heteroatoms. The lowest BCUT2D eigenvalue weighted by molar-refractivity contribution is -0.116. The van der Waals surface area contributed by atoms with Crippen LogP contribution in [-0.2, 0) is 4.79 Å². The maximum absolute atomic E-state index is 11.7. The molecule has 0 bridgehead atoms. The first-order valence-corrected chi connectivity index (χ1v) is 6.39. The third kappa shape index (κ3) is 4.13. The van der Waals surface area contributed by atoms with Crippen molar-refractivity contribution in [3.63, 3.8) is 0 Å². The molecule has 1 aromatic carbocycles. The summed E-state index contributed by atoms with van der Waals surface area (Å²) in [5.41, 5.74) is 1.06. The fourth-order valence-corrected chi connectivity index (χ4v) is 1.77. The third-order valence-electron chi connectivity index (χ3n) is 2.53. The number of nitrogens with one attached hydrogen (secondary N) is 2. The lowest BCUT2D eigenvalue weighted by Crippen LogP contribution is -2.27. The van der Waals surface area contributed by atoms with Crippen LogP contribution in [0.15, 0.2) is 47.3 Å². The number of halogens is 1. The molecule has 0 aliphatic heterocycles. The number of anilines is 1. The van der Waals surface area contributed by atoms with Gasteiger partial charge in [0.2, 0.25) is 5.91 Å². The molecule has 0 spiro atoms. The molecule has 1 heterocycles. The van der Waals surface area contributed by atoms with Gasteiger partial charge in [0.25, 0.3) is 5.91 Å². The van der Waals surface area contributed by atoms with Gasteiger partial charge in [-0.2, -0.15) is 0 Å². The highest BCUT2D eigenvalue weighted by molar-refractivity contribution is 6.30. The van der Waals surface area contributed by atoms with E-state index in [9.17, 15) is 9.59 Å². The lowest BCUT2D eigenvalue weighted by atomic mass is 10.3. The van der Waals surface area contributed by atoms with E-state index in [2.05, 4.69) is 10.6 Å². The van der Waals surface area contributed by atoms with Crippen molar-refractivity contribution in [1.29, 1.82) is 0 Å². The Morgan fingerprint density at radius 1 is 1.25 bits per heavy atom. The second-order valence-electron chi connectivity index (χ2n) is 4.08. The molecule has 5 nitrogen and oxygen atoms in total. The fraction of sp³-hybridized carbons (Fsp3) is 0.143. The number of benzene rings is 1. The summed E-state index contributed by atoms with van der Waals surface area (Å²) in [7, 11) is 0. The minimum absolute atomic E-state index is 0.177. The van der Waals surface area contributed by atoms with Crippen molar-refractivity contribution < 1.29 is 14.0 Å². The molecule has 0 saturated carbocycles. The number of rotatable bonds is 5. The number of carbonyl (C=O) groups excluding carboxylic acids is 2. The van der Waals surface area contributed by atoms with Crippen LogP contribution in [0.3, 0.4) is 0 Å². The predicted octanol–water partition coefficient (Wildman–Crippen LogP) is 2.69. The lowest BCUT2D eigenvalue weighted by Gasteiger charge is -2.06. The van der Waals surface area contributed by atoms with E-state index >= 15 is 0 Å². The largest absolute Gasteiger partial charge is 0.472 e. The van der Waals surface area contributed by atoms with E-state index in [1.807, 2.05) is 0 Å². The zero-order valence-corrected chi connectivity index (χ0v) is 11.3. The Hall–Kier alpha value is -2.27. The average Bonchev–Trinajstić information content (AvgIpc) is 2.92. The van der Waals surface area contributed by atoms with Crippen molar-refractivity contribution in [3.05, 3.63) is 53.4 Å². The number of amides is 2. The predicted molar refractivity (Wildman–Crippen MR) is 75.7 cm³/mol. The van der Waals surface area contributed by atoms with Crippen LogP contribution < -0.4 is 10.6 Å². The number of furan rings is 1. The molecular formula is C14H13ClN2O3. The van der Waals surface area contributed by atoms with Crippen LogP contribution in [0.1, 0.15) is 16.8 Å². The molecule has 0 saturated heterocycles. The summed E-state index contributed by atoms with van der Waals surface area (Å²) in [5, 5.41) is 5.88. The molecule has 2 N–H and O–H groups in total. The molecular weight excluding hydrogens is 280 g/mol. The molecule has 2 amide bonds. The minimum atomic E-state index is -0.269. The van der Waals surface area contributed by atoms with Gasteiger partial charge in [-0.05, 0) is 24.3 Å². The van der Waals surface area contributed by atoms with Crippen LogP contribution in [0.25, 0.3) is 0 Å². The Balaban J connectivity index is 1.74. The summed E-state index contributed by atoms with van der Waals surface area (Å²) in [4.78, 5) is 23.2. The summed E-state index contributed by atoms with van der Waals surface area (Å²) in [6.45, 7) is 0.246. The summed E-state index contributed by atoms with van der Waals surface area (Å²) in [6.07, 6.45) is 2.94. The van der Waals surface area contributed by atoms with Crippen molar-refractivity contribution in [3.8, 4) is 0 Å². The van der Waals surface area contributed by atoms with E-state index in [4.69, 9.17) is 16.0 Å². The molecule has 0 aliphatic rings. The van der Waals surface area contributed by atoms with Gasteiger partial charge in [-0.3, -0.25) is 9.59 Å². The Labute approximate surface area is 120 Å². The van der Waals surface area contributed by atoms with Gasteiger partial charge in [0.15, 0.2) is 0 Å². The fourth-order valence-electron chi connectivity index (χ4n) is 1.58. The van der Waals surface area contributed by atoms with Crippen LogP contribution in [-0.4, -0.2) is 18.4 Å². The van der Waals surface area contributed by atoms with E-state index in [1.54, 1.807) is 30.3 Å². The van der Waals surface area contributed by atoms with Gasteiger partial charge < -0.3 is 15.1 Å². The monoisotopic (exact) mass is 292 g/mol. The SMILES string of the molecule is O=C(CCNC(=O)c1ccoc1)Nc1cccc(Cl)c1. The van der Waals surface area contributed by atoms with Gasteiger partial charge in [-0.15, -0.1) is 0 Å². The summed E-state index contributed by atoms with van der Waals surface area (Å²) >= 11 is 5.81. The zero-order chi connectivity index (χ0) is 14.4. The van der Waals surface area contributed by atoms with Gasteiger partial charge in [-0.25, -0.2) is 0 Å². The number of carbonyl (C=O) groups is 2. The number of hydrogen-bond donors (Lipinski definition) is 2. The van der Waals surface area contributed by atoms with Crippen molar-refractivity contribution >= 4 is 29.1 Å². The van der Waals surface area contributed by atoms with E-state index in [1.165, 1.54) is 12.5 Å². The highest BCUT2D eigenvalue weighted by Gasteiger charge is 2.07. The Morgan fingerprint density at radius 2 is 2.10 bits per heavy atom. The maximum atomic E-state index is 11.7. The Morgan fingerprint density at radius 3 is 2.80 bits per heavy atom. The van der Waals surface area contributed by atoms with E-state index in [0.29, 0.717) is 16.3 Å². The van der Waals surface area contributed by atoms with Crippen LogP contribution in [0.5, 0.6) is 0 Å². The molecule has 1 aromatic heterocycles. The molecule has 104 valence electrons. The van der Waals surface area contributed by atoms with Gasteiger partial charge in [-0.1, -0.05) is 17.7 Å². The zero-order valence-electron chi connectivity index (χ0n) is 10.6. The second kappa shape index (κ2) is 6.77. The van der Waals surface area contributed by atoms with Crippen LogP contribution in [0.4, 0.5) is 5.69 Å². The van der Waals surface area contributed by atoms with Gasteiger partial charge in [0.1, 0.15) is 6.26 Å². The Bertz CT molecular complexity index is 596. The molecule has 20 heavy (non-hydrogen) atoms. The molecule has 2 aromatic rings. The molecule has 0 unspecified atom stereocenters. The van der Waals surface area contributed by atoms with Gasteiger partial charge in [0.05, 0.1) is 11.8 Å². The van der Waals surface area contributed by atoms with Crippen molar-refractivity contribution in [2.45, 2.75) is 6.42 Å². The van der Waals surface area contributed by atoms with Crippen molar-refractivity contribution in [1.82, 2.24) is 5.32 Å². The first kappa shape index (κ1) is 14.1. The van der Waals surface area contributed by atoms with Crippen molar-refractivity contribution in [2.24, 2.45) is 0 Å². The van der Waals surface area contributed by atoms with E-state index < -0.39 is 0 Å². The van der Waals surface area contributed by atoms with Crippen molar-refractivity contribution in [2.75, 3.05) is 11.9 Å². The average molecular weight is 293 g/mol. The minimum Gasteiger partial charge on any atom is -0.472 e. The summed E-state index contributed by atoms with van der Waals surface area (Å²) in [5.74, 6) is -0.464. The highest BCUT2D eigenvalue weighted by atomic mass is 35.5. The van der Waals surface area contributed by atoms with Crippen LogP contribution in [0.2, 0.25) is 5.02 Å². The first-order chi connectivity index (χ1) is 9.65. The Kier molecular flexibility index (Phi) is 4.79. The highest BCUT2D eigenvalue weighted by Crippen LogP contribution is 2.14. The quantitative estimate of drug-likeness (QED) is 0.890. The normalized spacial score (nSPS) is 10.1. The molecule has 0 aliphatic carbocycles. The first-order valence-electron chi connectivity index (χ1n) is 6.01. The standard InChI is InChI=1S/C14H13ClN2O3/c15-11-2-1-3-12(8-11)17-13(18)4-6-16-14(19)10-5-7-20-9-10/h1-3,5,7-9H,4,6H2,(H,16,19)(H,17,18). The topological polar surface area (TPSA) is 71.3 Å². The molecule has 2 rings (SSSR count). The van der Waals surface area contributed by atoms with E-state index in [0.717, 1.165) is 0 Å². The van der Waals surface area contributed by atoms with Crippen LogP contribution in [0, 0.1) is 0 Å². The van der Waals surface area contributed by atoms with Gasteiger partial charge in [0, 0.05) is 23.7 Å². The molecule has 0 radical (unpaired) electrons. The molecule has 0 fully saturated rings. The van der Waals surface area contributed by atoms with E-state index in [-0.39, 0.29) is 24.8 Å². The molecule has 0 atom stereocenters. The maximum Gasteiger partial charge on any atom is 0.254 e. The van der Waals surface area contributed by atoms with Crippen LogP contribution >= 0.6 is 11.6 Å². The second-order valence-corrected chi connectivity index (χ2v) is 4.51. The van der Waals surface area contributed by atoms with Gasteiger partial charge >= 0.3 is 0 Å². The number of hydrogen-bond acceptors (Lipinski definition) is 3. The smallest absolute Gasteiger partial charge is 0.254 e. The summed E-state index contributed by atoms with van der Waals surface area (Å²) < 4.78 is 4.80. The third-order valence-corrected chi connectivity index (χ3v) is 2.76. The summed E-state index contributed by atoms with van der Waals surface area (Å²) in [6, 6.07) is 8.43.